The smallest absolute Gasteiger partial charge is 0.300 e. The fourth-order valence-electron chi connectivity index (χ4n) is 4.57. The van der Waals surface area contributed by atoms with E-state index in [2.05, 4.69) is 0 Å². The predicted octanol–water partition coefficient (Wildman–Crippen LogP) is 6.56. The Morgan fingerprint density at radius 1 is 0.868 bits per heavy atom. The molecule has 6 nitrogen and oxygen atoms in total. The Hall–Kier alpha value is -4.91. The number of benzene rings is 4. The maximum atomic E-state index is 13.7. The average Bonchev–Trinajstić information content (AvgIpc) is 3.19. The first kappa shape index (κ1) is 24.8. The van der Waals surface area contributed by atoms with E-state index in [-0.39, 0.29) is 11.3 Å². The number of methoxy groups -OCH3 is 1. The molecule has 5 rings (SSSR count). The molecule has 4 aromatic rings. The number of hydrogen-bond acceptors (Lipinski definition) is 5. The van der Waals surface area contributed by atoms with Crippen LogP contribution in [0.2, 0.25) is 0 Å². The number of nitrogens with zero attached hydrogens (tertiary/aromatic N) is 1. The van der Waals surface area contributed by atoms with Crippen LogP contribution in [-0.4, -0.2) is 23.9 Å². The largest absolute Gasteiger partial charge is 0.507 e. The molecule has 1 atom stereocenters. The van der Waals surface area contributed by atoms with Crippen LogP contribution in [0.4, 0.5) is 10.1 Å². The number of aliphatic hydroxyl groups excluding tert-OH is 1. The predicted molar refractivity (Wildman–Crippen MR) is 142 cm³/mol. The molecular formula is C31H24FNO5. The number of amides is 1. The number of aliphatic hydroxyl groups is 1. The van der Waals surface area contributed by atoms with Gasteiger partial charge in [0.15, 0.2) is 0 Å². The number of halogens is 1. The lowest BCUT2D eigenvalue weighted by atomic mass is 9.94. The number of anilines is 1. The maximum Gasteiger partial charge on any atom is 0.300 e. The zero-order valence-electron chi connectivity index (χ0n) is 20.7. The summed E-state index contributed by atoms with van der Waals surface area (Å²) in [6.07, 6.45) is 0. The summed E-state index contributed by atoms with van der Waals surface area (Å²) in [7, 11) is 1.54. The van der Waals surface area contributed by atoms with Crippen LogP contribution >= 0.6 is 0 Å². The highest BCUT2D eigenvalue weighted by atomic mass is 19.1. The van der Waals surface area contributed by atoms with Gasteiger partial charge in [-0.05, 0) is 84.8 Å². The summed E-state index contributed by atoms with van der Waals surface area (Å²) in [5, 5.41) is 11.4. The minimum absolute atomic E-state index is 0.0826. The normalized spacial score (nSPS) is 16.5. The summed E-state index contributed by atoms with van der Waals surface area (Å²) in [6, 6.07) is 25.4. The van der Waals surface area contributed by atoms with Gasteiger partial charge in [0.25, 0.3) is 11.7 Å². The number of rotatable bonds is 6. The lowest BCUT2D eigenvalue weighted by Crippen LogP contribution is -2.29. The van der Waals surface area contributed by atoms with E-state index < -0.39 is 23.5 Å². The van der Waals surface area contributed by atoms with Crippen molar-refractivity contribution in [3.05, 3.63) is 125 Å². The first-order chi connectivity index (χ1) is 18.4. The van der Waals surface area contributed by atoms with E-state index >= 15 is 0 Å². The number of aryl methyl sites for hydroxylation is 1. The highest BCUT2D eigenvalue weighted by Crippen LogP contribution is 2.43. The van der Waals surface area contributed by atoms with E-state index in [1.54, 1.807) is 49.6 Å². The van der Waals surface area contributed by atoms with Crippen LogP contribution in [0.3, 0.4) is 0 Å². The van der Waals surface area contributed by atoms with E-state index in [9.17, 15) is 19.1 Å². The number of ether oxygens (including phenoxy) is 2. The van der Waals surface area contributed by atoms with Gasteiger partial charge in [0, 0.05) is 11.3 Å². The second-order valence-electron chi connectivity index (χ2n) is 8.82. The summed E-state index contributed by atoms with van der Waals surface area (Å²) >= 11 is 0. The Kier molecular flexibility index (Phi) is 6.66. The summed E-state index contributed by atoms with van der Waals surface area (Å²) < 4.78 is 25.0. The Balaban J connectivity index is 1.67. The second kappa shape index (κ2) is 10.2. The second-order valence-corrected chi connectivity index (χ2v) is 8.82. The molecule has 1 N–H and O–H groups in total. The zero-order chi connectivity index (χ0) is 26.8. The van der Waals surface area contributed by atoms with Gasteiger partial charge in [0.2, 0.25) is 0 Å². The fourth-order valence-corrected chi connectivity index (χ4v) is 4.57. The first-order valence-electron chi connectivity index (χ1n) is 11.9. The quantitative estimate of drug-likeness (QED) is 0.181. The molecule has 0 aromatic heterocycles. The third kappa shape index (κ3) is 4.62. The van der Waals surface area contributed by atoms with Crippen LogP contribution in [0.25, 0.3) is 5.76 Å². The number of carbonyl (C=O) groups excluding carboxylic acids is 2. The number of hydrogen-bond donors (Lipinski definition) is 1. The molecule has 38 heavy (non-hydrogen) atoms. The third-order valence-electron chi connectivity index (χ3n) is 6.37. The Bertz CT molecular complexity index is 1550. The third-order valence-corrected chi connectivity index (χ3v) is 6.37. The van der Waals surface area contributed by atoms with Crippen LogP contribution in [-0.2, 0) is 9.59 Å². The van der Waals surface area contributed by atoms with Gasteiger partial charge in [0.1, 0.15) is 28.8 Å². The molecule has 7 heteroatoms. The van der Waals surface area contributed by atoms with Gasteiger partial charge in [-0.2, -0.15) is 0 Å². The van der Waals surface area contributed by atoms with Crippen LogP contribution in [0.1, 0.15) is 22.7 Å². The van der Waals surface area contributed by atoms with Crippen molar-refractivity contribution >= 4 is 23.1 Å². The number of ketones is 1. The number of para-hydroxylation sites is 1. The van der Waals surface area contributed by atoms with Gasteiger partial charge >= 0.3 is 0 Å². The van der Waals surface area contributed by atoms with Gasteiger partial charge < -0.3 is 14.6 Å². The Morgan fingerprint density at radius 2 is 1.58 bits per heavy atom. The van der Waals surface area contributed by atoms with Crippen LogP contribution in [0.5, 0.6) is 17.2 Å². The monoisotopic (exact) mass is 509 g/mol. The standard InChI is InChI=1S/C31H24FNO5/c1-19-17-21(11-16-26(19)37-2)29(34)27-28(33(31(36)30(27)35)23-14-12-22(32)13-15-23)20-7-6-10-25(18-20)38-24-8-4-3-5-9-24/h3-18,28,34H,1-2H3/b29-27+. The summed E-state index contributed by atoms with van der Waals surface area (Å²) in [6.45, 7) is 1.81. The lowest BCUT2D eigenvalue weighted by Gasteiger charge is -2.26. The van der Waals surface area contributed by atoms with Crippen molar-refractivity contribution < 1.29 is 28.6 Å². The molecule has 1 unspecified atom stereocenters. The Morgan fingerprint density at radius 3 is 2.26 bits per heavy atom. The molecule has 1 fully saturated rings. The molecule has 1 amide bonds. The highest BCUT2D eigenvalue weighted by Gasteiger charge is 2.47. The molecule has 1 saturated heterocycles. The van der Waals surface area contributed by atoms with Gasteiger partial charge in [-0.3, -0.25) is 14.5 Å². The highest BCUT2D eigenvalue weighted by molar-refractivity contribution is 6.51. The van der Waals surface area contributed by atoms with Crippen molar-refractivity contribution in [2.24, 2.45) is 0 Å². The first-order valence-corrected chi connectivity index (χ1v) is 11.9. The maximum absolute atomic E-state index is 13.7. The van der Waals surface area contributed by atoms with Crippen molar-refractivity contribution in [1.82, 2.24) is 0 Å². The lowest BCUT2D eigenvalue weighted by molar-refractivity contribution is -0.132. The van der Waals surface area contributed by atoms with Crippen molar-refractivity contribution in [2.75, 3.05) is 12.0 Å². The molecule has 1 aliphatic heterocycles. The van der Waals surface area contributed by atoms with E-state index in [1.807, 2.05) is 37.3 Å². The summed E-state index contributed by atoms with van der Waals surface area (Å²) in [5.74, 6) is -0.755. The van der Waals surface area contributed by atoms with Crippen LogP contribution in [0.15, 0.2) is 103 Å². The van der Waals surface area contributed by atoms with Gasteiger partial charge in [-0.25, -0.2) is 4.39 Å². The minimum atomic E-state index is -0.984. The van der Waals surface area contributed by atoms with Gasteiger partial charge in [-0.1, -0.05) is 30.3 Å². The fraction of sp³-hybridized carbons (Fsp3) is 0.0968. The molecule has 0 aliphatic carbocycles. The van der Waals surface area contributed by atoms with Crippen molar-refractivity contribution in [1.29, 1.82) is 0 Å². The van der Waals surface area contributed by atoms with E-state index in [0.717, 1.165) is 5.56 Å². The molecule has 190 valence electrons. The zero-order valence-corrected chi connectivity index (χ0v) is 20.7. The molecular weight excluding hydrogens is 485 g/mol. The van der Waals surface area contributed by atoms with E-state index in [0.29, 0.717) is 34.1 Å². The topological polar surface area (TPSA) is 76.1 Å². The molecule has 0 spiro atoms. The Labute approximate surface area is 219 Å². The van der Waals surface area contributed by atoms with Crippen molar-refractivity contribution in [2.45, 2.75) is 13.0 Å². The van der Waals surface area contributed by atoms with E-state index in [1.165, 1.54) is 29.2 Å². The molecule has 1 heterocycles. The molecule has 0 bridgehead atoms. The van der Waals surface area contributed by atoms with Gasteiger partial charge in [-0.15, -0.1) is 0 Å². The molecule has 0 saturated carbocycles. The van der Waals surface area contributed by atoms with Crippen molar-refractivity contribution in [3.8, 4) is 17.2 Å². The van der Waals surface area contributed by atoms with Crippen LogP contribution < -0.4 is 14.4 Å². The van der Waals surface area contributed by atoms with Crippen molar-refractivity contribution in [3.63, 3.8) is 0 Å². The summed E-state index contributed by atoms with van der Waals surface area (Å²) in [4.78, 5) is 28.0. The number of Topliss-reactive ketones (excluding diaryl/α,β-unsaturated/α-hetero) is 1. The van der Waals surface area contributed by atoms with Crippen LogP contribution in [0, 0.1) is 12.7 Å². The molecule has 1 aliphatic rings. The minimum Gasteiger partial charge on any atom is -0.507 e. The van der Waals surface area contributed by atoms with E-state index in [4.69, 9.17) is 9.47 Å². The molecule has 0 radical (unpaired) electrons. The average molecular weight is 510 g/mol. The van der Waals surface area contributed by atoms with Gasteiger partial charge in [0.05, 0.1) is 18.7 Å². The molecule has 4 aromatic carbocycles. The summed E-state index contributed by atoms with van der Waals surface area (Å²) in [5.41, 5.74) is 1.88. The number of carbonyl (C=O) groups is 2. The SMILES string of the molecule is COc1ccc(/C(O)=C2\C(=O)C(=O)N(c3ccc(F)cc3)C2c2cccc(Oc3ccccc3)c2)cc1C.